The van der Waals surface area contributed by atoms with Crippen molar-refractivity contribution in [3.63, 3.8) is 0 Å². The van der Waals surface area contributed by atoms with Crippen molar-refractivity contribution >= 4 is 35.0 Å². The van der Waals surface area contributed by atoms with Crippen molar-refractivity contribution in [1.82, 2.24) is 20.5 Å². The van der Waals surface area contributed by atoms with Crippen molar-refractivity contribution in [3.8, 4) is 16.2 Å². The summed E-state index contributed by atoms with van der Waals surface area (Å²) in [5, 5.41) is 16.4. The minimum Gasteiger partial charge on any atom is -0.493 e. The quantitative estimate of drug-likeness (QED) is 0.144. The molecule has 0 bridgehead atoms. The average molecular weight is 720 g/mol. The summed E-state index contributed by atoms with van der Waals surface area (Å²) in [6.45, 7) is 10.4. The summed E-state index contributed by atoms with van der Waals surface area (Å²) in [5.74, 6) is -0.294. The van der Waals surface area contributed by atoms with Crippen LogP contribution < -0.4 is 21.1 Å². The van der Waals surface area contributed by atoms with E-state index in [0.29, 0.717) is 25.9 Å². The van der Waals surface area contributed by atoms with Gasteiger partial charge in [0.25, 0.3) is 0 Å². The van der Waals surface area contributed by atoms with E-state index in [-0.39, 0.29) is 55.5 Å². The fourth-order valence-electron chi connectivity index (χ4n) is 6.13. The Labute approximate surface area is 305 Å². The number of ether oxygens (including phenoxy) is 1. The van der Waals surface area contributed by atoms with Gasteiger partial charge in [0.05, 0.1) is 28.8 Å². The van der Waals surface area contributed by atoms with Gasteiger partial charge in [-0.05, 0) is 72.8 Å². The lowest BCUT2D eigenvalue weighted by Gasteiger charge is -2.35. The molecule has 276 valence electrons. The van der Waals surface area contributed by atoms with Gasteiger partial charge in [0, 0.05) is 32.4 Å². The average Bonchev–Trinajstić information content (AvgIpc) is 3.71. The Balaban J connectivity index is 1.26. The number of primary amides is 1. The monoisotopic (exact) mass is 719 g/mol. The molecule has 1 aromatic heterocycles. The minimum atomic E-state index is -0.868. The van der Waals surface area contributed by atoms with Crippen LogP contribution in [0.2, 0.25) is 0 Å². The van der Waals surface area contributed by atoms with E-state index >= 15 is 0 Å². The highest BCUT2D eigenvalue weighted by Gasteiger charge is 2.44. The van der Waals surface area contributed by atoms with E-state index in [2.05, 4.69) is 15.6 Å². The molecular formula is C39H53N5O6S. The van der Waals surface area contributed by atoms with Gasteiger partial charge in [-0.3, -0.25) is 19.2 Å². The number of rotatable bonds is 17. The number of aryl methyl sites for hydroxylation is 2. The van der Waals surface area contributed by atoms with Crippen molar-refractivity contribution in [3.05, 3.63) is 70.9 Å². The number of nitrogens with one attached hydrogen (secondary N) is 2. The predicted molar refractivity (Wildman–Crippen MR) is 199 cm³/mol. The SMILES string of the molecule is Cc1ncsc1-c1ccc(CNC(=O)[C@@H]2C[C@@H](O)CN2C(=O)[C@@H](NC(=O)CCCCc2cccc(OC[C@@H](C)CCC(N)=O)c2)C(C)(C)C)cc1. The van der Waals surface area contributed by atoms with Crippen LogP contribution >= 0.6 is 11.3 Å². The van der Waals surface area contributed by atoms with Gasteiger partial charge >= 0.3 is 0 Å². The molecule has 12 heteroatoms. The highest BCUT2D eigenvalue weighted by Crippen LogP contribution is 2.28. The van der Waals surface area contributed by atoms with Crippen LogP contribution in [0.5, 0.6) is 5.75 Å². The number of hydrogen-bond acceptors (Lipinski definition) is 8. The highest BCUT2D eigenvalue weighted by molar-refractivity contribution is 7.13. The first-order valence-corrected chi connectivity index (χ1v) is 18.6. The van der Waals surface area contributed by atoms with Crippen LogP contribution in [0.15, 0.2) is 54.0 Å². The Morgan fingerprint density at radius 1 is 1.08 bits per heavy atom. The Morgan fingerprint density at radius 2 is 1.82 bits per heavy atom. The van der Waals surface area contributed by atoms with Gasteiger partial charge in [-0.1, -0.05) is 64.1 Å². The fraction of sp³-hybridized carbons (Fsp3) is 0.513. The molecule has 3 aromatic rings. The van der Waals surface area contributed by atoms with Gasteiger partial charge in [-0.25, -0.2) is 4.98 Å². The number of benzene rings is 2. The van der Waals surface area contributed by atoms with E-state index in [1.807, 2.05) is 88.7 Å². The van der Waals surface area contributed by atoms with E-state index < -0.39 is 23.6 Å². The summed E-state index contributed by atoms with van der Waals surface area (Å²) >= 11 is 1.58. The summed E-state index contributed by atoms with van der Waals surface area (Å²) < 4.78 is 5.91. The molecule has 1 aliphatic rings. The van der Waals surface area contributed by atoms with Gasteiger partial charge in [-0.15, -0.1) is 11.3 Å². The van der Waals surface area contributed by atoms with E-state index in [1.165, 1.54) is 4.90 Å². The number of nitrogens with zero attached hydrogens (tertiary/aromatic N) is 2. The molecule has 4 amide bonds. The second-order valence-corrected chi connectivity index (χ2v) is 15.6. The number of β-amino-alcohol motifs (C(OH)–C–C–N with tert-alkyl or cyclic N) is 1. The van der Waals surface area contributed by atoms with Gasteiger partial charge in [-0.2, -0.15) is 0 Å². The Bertz CT molecular complexity index is 1640. The molecule has 4 rings (SSSR count). The summed E-state index contributed by atoms with van der Waals surface area (Å²) in [7, 11) is 0. The summed E-state index contributed by atoms with van der Waals surface area (Å²) in [6.07, 6.45) is 2.73. The normalized spacial score (nSPS) is 17.1. The smallest absolute Gasteiger partial charge is 0.246 e. The first-order valence-electron chi connectivity index (χ1n) is 17.8. The molecule has 0 unspecified atom stereocenters. The molecular weight excluding hydrogens is 667 g/mol. The molecule has 1 fully saturated rings. The van der Waals surface area contributed by atoms with Crippen LogP contribution in [0.1, 0.15) is 83.0 Å². The lowest BCUT2D eigenvalue weighted by atomic mass is 9.85. The lowest BCUT2D eigenvalue weighted by molar-refractivity contribution is -0.144. The molecule has 0 spiro atoms. The van der Waals surface area contributed by atoms with Gasteiger partial charge in [0.1, 0.15) is 17.8 Å². The third-order valence-corrected chi connectivity index (χ3v) is 10.1. The number of aliphatic hydroxyl groups is 1. The number of carbonyl (C=O) groups is 4. The highest BCUT2D eigenvalue weighted by atomic mass is 32.1. The molecule has 5 N–H and O–H groups in total. The number of thiazole rings is 1. The molecule has 0 radical (unpaired) electrons. The maximum atomic E-state index is 13.9. The van der Waals surface area contributed by atoms with Gasteiger partial charge in [0.2, 0.25) is 23.6 Å². The van der Waals surface area contributed by atoms with Crippen LogP contribution in [-0.4, -0.2) is 70.0 Å². The number of hydrogen-bond donors (Lipinski definition) is 4. The molecule has 4 atom stereocenters. The third kappa shape index (κ3) is 11.9. The van der Waals surface area contributed by atoms with Crippen LogP contribution in [0, 0.1) is 18.3 Å². The predicted octanol–water partition coefficient (Wildman–Crippen LogP) is 4.92. The van der Waals surface area contributed by atoms with E-state index in [4.69, 9.17) is 10.5 Å². The van der Waals surface area contributed by atoms with Crippen molar-refractivity contribution in [1.29, 1.82) is 0 Å². The van der Waals surface area contributed by atoms with E-state index in [1.54, 1.807) is 11.3 Å². The van der Waals surface area contributed by atoms with Crippen molar-refractivity contribution in [2.75, 3.05) is 13.2 Å². The summed E-state index contributed by atoms with van der Waals surface area (Å²) in [6, 6.07) is 14.1. The summed E-state index contributed by atoms with van der Waals surface area (Å²) in [4.78, 5) is 58.3. The second-order valence-electron chi connectivity index (χ2n) is 14.7. The number of aliphatic hydroxyl groups excluding tert-OH is 1. The number of likely N-dealkylation sites (tertiary alicyclic amines) is 1. The molecule has 11 nitrogen and oxygen atoms in total. The van der Waals surface area contributed by atoms with Gasteiger partial charge in [0.15, 0.2) is 0 Å². The van der Waals surface area contributed by atoms with Gasteiger partial charge < -0.3 is 31.1 Å². The first-order chi connectivity index (χ1) is 24.2. The number of unbranched alkanes of at least 4 members (excludes halogenated alkanes) is 1. The first kappa shape index (κ1) is 39.5. The minimum absolute atomic E-state index is 0.0251. The Kier molecular flexibility index (Phi) is 14.2. The maximum Gasteiger partial charge on any atom is 0.246 e. The lowest BCUT2D eigenvalue weighted by Crippen LogP contribution is -2.57. The van der Waals surface area contributed by atoms with Crippen LogP contribution in [0.3, 0.4) is 0 Å². The van der Waals surface area contributed by atoms with Crippen LogP contribution in [0.4, 0.5) is 0 Å². The standard InChI is InChI=1S/C39H53N5O6S/c1-25(13-18-33(40)46)23-50-31-11-8-10-27(19-31)9-6-7-12-34(47)43-36(39(3,4)5)38(49)44-22-30(45)20-32(44)37(48)41-21-28-14-16-29(17-15-28)35-26(2)42-24-51-35/h8,10-11,14-17,19,24-25,30,32,36,45H,6-7,9,12-13,18,20-23H2,1-5H3,(H2,40,46)(H,41,48)(H,43,47)/t25-,30+,32-,36+/m0/s1. The van der Waals surface area contributed by atoms with Crippen LogP contribution in [0.25, 0.3) is 10.4 Å². The molecule has 1 aliphatic heterocycles. The zero-order valence-corrected chi connectivity index (χ0v) is 31.3. The number of nitrogens with two attached hydrogens (primary N) is 1. The second kappa shape index (κ2) is 18.3. The topological polar surface area (TPSA) is 164 Å². The zero-order chi connectivity index (χ0) is 37.1. The van der Waals surface area contributed by atoms with E-state index in [0.717, 1.165) is 45.9 Å². The molecule has 2 heterocycles. The summed E-state index contributed by atoms with van der Waals surface area (Å²) in [5.41, 5.74) is 10.5. The van der Waals surface area contributed by atoms with E-state index in [9.17, 15) is 24.3 Å². The van der Waals surface area contributed by atoms with Crippen molar-refractivity contribution in [2.24, 2.45) is 17.1 Å². The molecule has 51 heavy (non-hydrogen) atoms. The number of aromatic nitrogens is 1. The van der Waals surface area contributed by atoms with Crippen LogP contribution in [-0.2, 0) is 32.1 Å². The Hall–Kier alpha value is -4.29. The van der Waals surface area contributed by atoms with Crippen molar-refractivity contribution in [2.45, 2.75) is 104 Å². The molecule has 0 aliphatic carbocycles. The molecule has 0 saturated carbocycles. The molecule has 1 saturated heterocycles. The largest absolute Gasteiger partial charge is 0.493 e. The molecule has 2 aromatic carbocycles. The fourth-order valence-corrected chi connectivity index (χ4v) is 6.94. The Morgan fingerprint density at radius 3 is 2.49 bits per heavy atom. The number of carbonyl (C=O) groups excluding carboxylic acids is 4. The van der Waals surface area contributed by atoms with Crippen molar-refractivity contribution < 1.29 is 29.0 Å². The third-order valence-electron chi connectivity index (χ3n) is 9.15. The maximum absolute atomic E-state index is 13.9. The number of amides is 4. The zero-order valence-electron chi connectivity index (χ0n) is 30.4.